The molecule has 0 atom stereocenters. The summed E-state index contributed by atoms with van der Waals surface area (Å²) in [5.74, 6) is 3.82. The number of nitrogens with zero attached hydrogens (tertiary/aromatic N) is 1. The summed E-state index contributed by atoms with van der Waals surface area (Å²) in [5.41, 5.74) is 2.50. The molecule has 25 heavy (non-hydrogen) atoms. The minimum atomic E-state index is -0.134. The Morgan fingerprint density at radius 2 is 1.68 bits per heavy atom. The van der Waals surface area contributed by atoms with Crippen LogP contribution in [0.5, 0.6) is 0 Å². The van der Waals surface area contributed by atoms with Crippen molar-refractivity contribution in [2.24, 2.45) is 17.8 Å². The fourth-order valence-corrected chi connectivity index (χ4v) is 6.05. The van der Waals surface area contributed by atoms with E-state index in [4.69, 9.17) is 4.52 Å². The van der Waals surface area contributed by atoms with Crippen LogP contribution in [0, 0.1) is 24.7 Å². The Kier molecular flexibility index (Phi) is 3.31. The van der Waals surface area contributed by atoms with Gasteiger partial charge in [-0.1, -0.05) is 17.3 Å². The van der Waals surface area contributed by atoms with E-state index in [0.717, 1.165) is 17.8 Å². The van der Waals surface area contributed by atoms with Crippen LogP contribution >= 0.6 is 0 Å². The molecule has 4 bridgehead atoms. The molecule has 1 aromatic heterocycles. The van der Waals surface area contributed by atoms with Gasteiger partial charge in [-0.15, -0.1) is 0 Å². The van der Waals surface area contributed by atoms with Crippen molar-refractivity contribution >= 4 is 11.7 Å². The van der Waals surface area contributed by atoms with Crippen molar-refractivity contribution in [3.05, 3.63) is 47.2 Å². The Hall–Kier alpha value is -2.10. The molecule has 2 aromatic rings. The molecule has 0 unspecified atom stereocenters. The third-order valence-electron chi connectivity index (χ3n) is 6.67. The van der Waals surface area contributed by atoms with Gasteiger partial charge in [0.15, 0.2) is 5.82 Å². The second-order valence-corrected chi connectivity index (χ2v) is 8.55. The van der Waals surface area contributed by atoms with E-state index in [-0.39, 0.29) is 5.91 Å². The Balaban J connectivity index is 1.36. The van der Waals surface area contributed by atoms with Crippen molar-refractivity contribution in [2.75, 3.05) is 5.32 Å². The van der Waals surface area contributed by atoms with E-state index in [2.05, 4.69) is 22.6 Å². The third-order valence-corrected chi connectivity index (χ3v) is 6.67. The van der Waals surface area contributed by atoms with Gasteiger partial charge in [0.05, 0.1) is 0 Å². The van der Waals surface area contributed by atoms with E-state index in [9.17, 15) is 4.79 Å². The first-order valence-electron chi connectivity index (χ1n) is 9.45. The zero-order valence-electron chi connectivity index (χ0n) is 14.6. The standard InChI is InChI=1S/C21H24N2O2/c1-13-6-19(23-25-13)22-20(24)17-2-4-18(5-3-17)21-10-14-7-15(11-21)9-16(8-14)12-21/h2-6,14-16H,7-12H2,1H3,(H,22,23,24). The van der Waals surface area contributed by atoms with Crippen LogP contribution in [0.4, 0.5) is 5.82 Å². The number of aryl methyl sites for hydroxylation is 1. The van der Waals surface area contributed by atoms with Crippen LogP contribution in [0.3, 0.4) is 0 Å². The first-order valence-corrected chi connectivity index (χ1v) is 9.45. The molecule has 4 saturated carbocycles. The summed E-state index contributed by atoms with van der Waals surface area (Å²) in [6, 6.07) is 10.0. The molecule has 0 saturated heterocycles. The lowest BCUT2D eigenvalue weighted by Gasteiger charge is -2.57. The molecule has 1 N–H and O–H groups in total. The predicted molar refractivity (Wildman–Crippen MR) is 95.5 cm³/mol. The summed E-state index contributed by atoms with van der Waals surface area (Å²) < 4.78 is 4.99. The van der Waals surface area contributed by atoms with Crippen molar-refractivity contribution in [1.82, 2.24) is 5.16 Å². The normalized spacial score (nSPS) is 32.8. The lowest BCUT2D eigenvalue weighted by atomic mass is 9.48. The molecule has 1 amide bonds. The van der Waals surface area contributed by atoms with E-state index < -0.39 is 0 Å². The van der Waals surface area contributed by atoms with Gasteiger partial charge in [-0.2, -0.15) is 0 Å². The van der Waals surface area contributed by atoms with Gasteiger partial charge in [0.2, 0.25) is 0 Å². The Morgan fingerprint density at radius 3 is 2.20 bits per heavy atom. The minimum Gasteiger partial charge on any atom is -0.360 e. The van der Waals surface area contributed by atoms with Crippen molar-refractivity contribution in [2.45, 2.75) is 50.9 Å². The van der Waals surface area contributed by atoms with Crippen LogP contribution < -0.4 is 5.32 Å². The zero-order chi connectivity index (χ0) is 17.0. The molecule has 4 nitrogen and oxygen atoms in total. The zero-order valence-corrected chi connectivity index (χ0v) is 14.6. The summed E-state index contributed by atoms with van der Waals surface area (Å²) in [6.07, 6.45) is 8.42. The van der Waals surface area contributed by atoms with Crippen LogP contribution in [0.2, 0.25) is 0 Å². The molecule has 0 aliphatic heterocycles. The van der Waals surface area contributed by atoms with Crippen LogP contribution in [-0.2, 0) is 5.41 Å². The molecular weight excluding hydrogens is 312 g/mol. The third kappa shape index (κ3) is 2.59. The van der Waals surface area contributed by atoms with Gasteiger partial charge in [0.1, 0.15) is 5.76 Å². The maximum absolute atomic E-state index is 12.4. The summed E-state index contributed by atoms with van der Waals surface area (Å²) in [4.78, 5) is 12.4. The number of hydrogen-bond acceptors (Lipinski definition) is 3. The highest BCUT2D eigenvalue weighted by atomic mass is 16.5. The first-order chi connectivity index (χ1) is 12.1. The van der Waals surface area contributed by atoms with E-state index >= 15 is 0 Å². The van der Waals surface area contributed by atoms with Crippen LogP contribution in [0.25, 0.3) is 0 Å². The summed E-state index contributed by atoms with van der Waals surface area (Å²) in [7, 11) is 0. The SMILES string of the molecule is Cc1cc(NC(=O)c2ccc(C34CC5CC(CC(C5)C3)C4)cc2)no1. The molecule has 4 heteroatoms. The first kappa shape index (κ1) is 15.2. The van der Waals surface area contributed by atoms with E-state index in [1.54, 1.807) is 6.07 Å². The number of amides is 1. The van der Waals surface area contributed by atoms with Crippen molar-refractivity contribution < 1.29 is 9.32 Å². The summed E-state index contributed by atoms with van der Waals surface area (Å²) >= 11 is 0. The van der Waals surface area contributed by atoms with Crippen LogP contribution in [0.15, 0.2) is 34.9 Å². The van der Waals surface area contributed by atoms with Gasteiger partial charge in [-0.25, -0.2) is 0 Å². The fraction of sp³-hybridized carbons (Fsp3) is 0.524. The molecule has 0 spiro atoms. The van der Waals surface area contributed by atoms with E-state index in [1.165, 1.54) is 44.1 Å². The van der Waals surface area contributed by atoms with Crippen LogP contribution in [0.1, 0.15) is 60.2 Å². The smallest absolute Gasteiger partial charge is 0.256 e. The Bertz CT molecular complexity index is 770. The average Bonchev–Trinajstić information content (AvgIpc) is 2.98. The van der Waals surface area contributed by atoms with Gasteiger partial charge in [0, 0.05) is 11.6 Å². The Labute approximate surface area is 148 Å². The topological polar surface area (TPSA) is 55.1 Å². The van der Waals surface area contributed by atoms with Gasteiger partial charge in [-0.05, 0) is 86.3 Å². The largest absolute Gasteiger partial charge is 0.360 e. The number of hydrogen-bond donors (Lipinski definition) is 1. The molecule has 4 aliphatic rings. The molecule has 1 heterocycles. The van der Waals surface area contributed by atoms with Crippen molar-refractivity contribution in [1.29, 1.82) is 0 Å². The maximum Gasteiger partial charge on any atom is 0.256 e. The molecule has 6 rings (SSSR count). The fourth-order valence-electron chi connectivity index (χ4n) is 6.05. The van der Waals surface area contributed by atoms with Crippen molar-refractivity contribution in [3.63, 3.8) is 0 Å². The number of nitrogens with one attached hydrogen (secondary N) is 1. The average molecular weight is 336 g/mol. The van der Waals surface area contributed by atoms with Crippen LogP contribution in [-0.4, -0.2) is 11.1 Å². The minimum absolute atomic E-state index is 0.134. The van der Waals surface area contributed by atoms with Gasteiger partial charge in [0.25, 0.3) is 5.91 Å². The highest BCUT2D eigenvalue weighted by molar-refractivity contribution is 6.03. The molecule has 0 radical (unpaired) electrons. The number of rotatable bonds is 3. The van der Waals surface area contributed by atoms with Crippen molar-refractivity contribution in [3.8, 4) is 0 Å². The second-order valence-electron chi connectivity index (χ2n) is 8.55. The molecule has 4 aliphatic carbocycles. The van der Waals surface area contributed by atoms with Gasteiger partial charge >= 0.3 is 0 Å². The monoisotopic (exact) mass is 336 g/mol. The quantitative estimate of drug-likeness (QED) is 0.883. The van der Waals surface area contributed by atoms with E-state index in [1.807, 2.05) is 19.1 Å². The number of anilines is 1. The summed E-state index contributed by atoms with van der Waals surface area (Å²) in [6.45, 7) is 1.81. The van der Waals surface area contributed by atoms with Gasteiger partial charge < -0.3 is 9.84 Å². The van der Waals surface area contributed by atoms with E-state index in [0.29, 0.717) is 22.6 Å². The number of carbonyl (C=O) groups excluding carboxylic acids is 1. The molecule has 1 aromatic carbocycles. The Morgan fingerprint density at radius 1 is 1.08 bits per heavy atom. The number of benzene rings is 1. The number of carbonyl (C=O) groups is 1. The van der Waals surface area contributed by atoms with Gasteiger partial charge in [-0.3, -0.25) is 4.79 Å². The lowest BCUT2D eigenvalue weighted by molar-refractivity contribution is -0.00519. The lowest BCUT2D eigenvalue weighted by Crippen LogP contribution is -2.48. The highest BCUT2D eigenvalue weighted by Gasteiger charge is 2.51. The number of aromatic nitrogens is 1. The maximum atomic E-state index is 12.4. The predicted octanol–water partition coefficient (Wildman–Crippen LogP) is 4.70. The molecule has 4 fully saturated rings. The second kappa shape index (κ2) is 5.45. The summed E-state index contributed by atoms with van der Waals surface area (Å²) in [5, 5.41) is 6.61. The molecule has 130 valence electrons. The highest BCUT2D eigenvalue weighted by Crippen LogP contribution is 2.60. The molecular formula is C21H24N2O2.